The molecule has 0 radical (unpaired) electrons. The molecule has 2 N–H and O–H groups in total. The number of fused-ring (bicyclic) bond motifs is 1. The zero-order valence-electron chi connectivity index (χ0n) is 21.2. The molecule has 8 heteroatoms. The standard InChI is InChI=1S/C25H28N4O4/c30-23-9-8-22(24(31)27-23)29-16-20-19(25(29)32)2-1-3-21(20)26-14-17-4-6-18(7-5-17)15-28-10-12-33-13-11-28/h1-7,22,26H,8-16H2,(H,27,30,31)/i14D2,22D. The van der Waals surface area contributed by atoms with Crippen molar-refractivity contribution in [3.8, 4) is 0 Å². The number of hydrogen-bond acceptors (Lipinski definition) is 6. The summed E-state index contributed by atoms with van der Waals surface area (Å²) >= 11 is 0. The Bertz CT molecular complexity index is 1200. The summed E-state index contributed by atoms with van der Waals surface area (Å²) in [5, 5.41) is 5.08. The van der Waals surface area contributed by atoms with E-state index in [1.807, 2.05) is 12.1 Å². The minimum absolute atomic E-state index is 0.0233. The number of rotatable bonds is 6. The van der Waals surface area contributed by atoms with Crippen LogP contribution in [0.3, 0.4) is 0 Å². The first-order chi connectivity index (χ1) is 17.2. The molecular weight excluding hydrogens is 420 g/mol. The van der Waals surface area contributed by atoms with Crippen molar-refractivity contribution in [3.05, 3.63) is 64.7 Å². The van der Waals surface area contributed by atoms with Crippen molar-refractivity contribution in [1.29, 1.82) is 0 Å². The van der Waals surface area contributed by atoms with E-state index >= 15 is 0 Å². The van der Waals surface area contributed by atoms with Crippen LogP contribution in [-0.2, 0) is 33.9 Å². The van der Waals surface area contributed by atoms with Crippen molar-refractivity contribution in [3.63, 3.8) is 0 Å². The molecule has 3 aliphatic heterocycles. The molecule has 3 amide bonds. The average molecular weight is 452 g/mol. The summed E-state index contributed by atoms with van der Waals surface area (Å²) in [5.74, 6) is -1.76. The van der Waals surface area contributed by atoms with Gasteiger partial charge >= 0.3 is 0 Å². The molecule has 33 heavy (non-hydrogen) atoms. The van der Waals surface area contributed by atoms with Crippen molar-refractivity contribution in [2.24, 2.45) is 0 Å². The van der Waals surface area contributed by atoms with Gasteiger partial charge in [-0.3, -0.25) is 24.6 Å². The number of piperidine rings is 1. The third kappa shape index (κ3) is 4.62. The molecule has 0 saturated carbocycles. The van der Waals surface area contributed by atoms with Crippen LogP contribution >= 0.6 is 0 Å². The van der Waals surface area contributed by atoms with E-state index in [4.69, 9.17) is 8.85 Å². The van der Waals surface area contributed by atoms with Gasteiger partial charge < -0.3 is 15.0 Å². The van der Waals surface area contributed by atoms with Crippen LogP contribution in [0.2, 0.25) is 0 Å². The second-order valence-corrected chi connectivity index (χ2v) is 8.38. The minimum atomic E-state index is -1.93. The Morgan fingerprint density at radius 2 is 1.85 bits per heavy atom. The zero-order valence-corrected chi connectivity index (χ0v) is 18.2. The van der Waals surface area contributed by atoms with Gasteiger partial charge in [-0.25, -0.2) is 0 Å². The summed E-state index contributed by atoms with van der Waals surface area (Å²) in [7, 11) is 0. The number of imide groups is 1. The number of carbonyl (C=O) groups is 3. The van der Waals surface area contributed by atoms with Gasteiger partial charge in [0.2, 0.25) is 11.8 Å². The molecule has 2 aromatic carbocycles. The van der Waals surface area contributed by atoms with Gasteiger partial charge in [0, 0.05) is 55.9 Å². The highest BCUT2D eigenvalue weighted by atomic mass is 16.5. The lowest BCUT2D eigenvalue weighted by molar-refractivity contribution is -0.136. The Hall–Kier alpha value is -3.23. The van der Waals surface area contributed by atoms with Crippen LogP contribution in [0.1, 0.15) is 44.0 Å². The predicted octanol–water partition coefficient (Wildman–Crippen LogP) is 1.89. The average Bonchev–Trinajstić information content (AvgIpc) is 3.21. The van der Waals surface area contributed by atoms with Gasteiger partial charge in [-0.05, 0) is 29.7 Å². The fourth-order valence-corrected chi connectivity index (χ4v) is 4.38. The van der Waals surface area contributed by atoms with Crippen LogP contribution in [0, 0.1) is 0 Å². The molecule has 3 heterocycles. The lowest BCUT2D eigenvalue weighted by Crippen LogP contribution is -2.52. The summed E-state index contributed by atoms with van der Waals surface area (Å²) in [6, 6.07) is 10.4. The van der Waals surface area contributed by atoms with E-state index in [-0.39, 0.29) is 19.4 Å². The molecule has 172 valence electrons. The smallest absolute Gasteiger partial charge is 0.255 e. The second-order valence-electron chi connectivity index (χ2n) is 8.38. The van der Waals surface area contributed by atoms with E-state index < -0.39 is 30.2 Å². The van der Waals surface area contributed by atoms with E-state index in [0.717, 1.165) is 43.3 Å². The summed E-state index contributed by atoms with van der Waals surface area (Å²) in [6.07, 6.45) is -0.109. The Kier molecular flexibility index (Phi) is 5.15. The van der Waals surface area contributed by atoms with Crippen LogP contribution in [0.5, 0.6) is 0 Å². The fourth-order valence-electron chi connectivity index (χ4n) is 4.38. The van der Waals surface area contributed by atoms with Gasteiger partial charge in [0.15, 0.2) is 0 Å². The van der Waals surface area contributed by atoms with Crippen LogP contribution in [-0.4, -0.2) is 59.8 Å². The summed E-state index contributed by atoms with van der Waals surface area (Å²) in [5.41, 5.74) is 2.78. The monoisotopic (exact) mass is 451 g/mol. The maximum Gasteiger partial charge on any atom is 0.255 e. The van der Waals surface area contributed by atoms with Gasteiger partial charge in [-0.2, -0.15) is 0 Å². The summed E-state index contributed by atoms with van der Waals surface area (Å²) in [6.45, 7) is 1.99. The highest BCUT2D eigenvalue weighted by Crippen LogP contribution is 2.32. The number of amides is 3. The highest BCUT2D eigenvalue weighted by molar-refractivity contribution is 6.06. The molecule has 8 nitrogen and oxygen atoms in total. The largest absolute Gasteiger partial charge is 0.381 e. The molecule has 1 atom stereocenters. The Labute approximate surface area is 197 Å². The molecule has 0 bridgehead atoms. The maximum absolute atomic E-state index is 13.1. The second kappa shape index (κ2) is 9.33. The van der Waals surface area contributed by atoms with Crippen molar-refractivity contribution >= 4 is 23.4 Å². The molecule has 0 spiro atoms. The predicted molar refractivity (Wildman–Crippen MR) is 122 cm³/mol. The van der Waals surface area contributed by atoms with Gasteiger partial charge in [-0.15, -0.1) is 0 Å². The van der Waals surface area contributed by atoms with Gasteiger partial charge in [0.25, 0.3) is 5.91 Å². The first kappa shape index (κ1) is 18.2. The molecule has 2 saturated heterocycles. The van der Waals surface area contributed by atoms with Gasteiger partial charge in [-0.1, -0.05) is 30.3 Å². The molecule has 3 aliphatic rings. The number of ether oxygens (including phenoxy) is 1. The molecule has 1 unspecified atom stereocenters. The minimum Gasteiger partial charge on any atom is -0.381 e. The van der Waals surface area contributed by atoms with Crippen LogP contribution in [0.25, 0.3) is 0 Å². The Morgan fingerprint density at radius 1 is 1.09 bits per heavy atom. The Balaban J connectivity index is 1.33. The van der Waals surface area contributed by atoms with Crippen molar-refractivity contribution in [1.82, 2.24) is 15.1 Å². The lowest BCUT2D eigenvalue weighted by atomic mass is 10.0. The number of nitrogens with one attached hydrogen (secondary N) is 2. The third-order valence-corrected chi connectivity index (χ3v) is 6.20. The molecule has 2 aromatic rings. The quantitative estimate of drug-likeness (QED) is 0.652. The summed E-state index contributed by atoms with van der Waals surface area (Å²) in [4.78, 5) is 40.6. The molecule has 2 fully saturated rings. The first-order valence-electron chi connectivity index (χ1n) is 12.6. The van der Waals surface area contributed by atoms with E-state index in [9.17, 15) is 14.4 Å². The molecule has 0 aromatic heterocycles. The Morgan fingerprint density at radius 3 is 2.61 bits per heavy atom. The molecular formula is C25H28N4O4. The molecule has 5 rings (SSSR count). The third-order valence-electron chi connectivity index (χ3n) is 6.20. The number of benzene rings is 2. The van der Waals surface area contributed by atoms with Crippen molar-refractivity contribution in [2.75, 3.05) is 31.6 Å². The summed E-state index contributed by atoms with van der Waals surface area (Å²) < 4.78 is 31.4. The zero-order chi connectivity index (χ0) is 25.5. The number of anilines is 1. The number of hydrogen-bond donors (Lipinski definition) is 2. The van der Waals surface area contributed by atoms with Crippen LogP contribution in [0.15, 0.2) is 42.5 Å². The lowest BCUT2D eigenvalue weighted by Gasteiger charge is -2.29. The topological polar surface area (TPSA) is 91.0 Å². The number of nitrogens with zero attached hydrogens (tertiary/aromatic N) is 2. The van der Waals surface area contributed by atoms with E-state index in [1.54, 1.807) is 30.3 Å². The van der Waals surface area contributed by atoms with Crippen molar-refractivity contribution in [2.45, 2.75) is 38.4 Å². The SMILES string of the molecule is [2H]C([2H])(Nc1cccc2c1CN(C1([2H])CCC(=O)NC1=O)C2=O)c1ccc(CN2CCOCC2)cc1. The van der Waals surface area contributed by atoms with Crippen LogP contribution < -0.4 is 10.6 Å². The highest BCUT2D eigenvalue weighted by Gasteiger charge is 2.39. The van der Waals surface area contributed by atoms with Crippen molar-refractivity contribution < 1.29 is 23.2 Å². The number of carbonyl (C=O) groups excluding carboxylic acids is 3. The maximum atomic E-state index is 13.1. The van der Waals surface area contributed by atoms with Crippen LogP contribution in [0.4, 0.5) is 5.69 Å². The van der Waals surface area contributed by atoms with E-state index in [1.165, 1.54) is 0 Å². The fraction of sp³-hybridized carbons (Fsp3) is 0.400. The van der Waals surface area contributed by atoms with Gasteiger partial charge in [0.05, 0.1) is 17.3 Å². The number of morpholine rings is 1. The van der Waals surface area contributed by atoms with Gasteiger partial charge in [0.1, 0.15) is 6.02 Å². The van der Waals surface area contributed by atoms with E-state index in [0.29, 0.717) is 22.4 Å². The van der Waals surface area contributed by atoms with E-state index in [2.05, 4.69) is 15.5 Å². The first-order valence-corrected chi connectivity index (χ1v) is 11.1. The molecule has 0 aliphatic carbocycles. The normalized spacial score (nSPS) is 25.2.